The van der Waals surface area contributed by atoms with E-state index in [1.807, 2.05) is 0 Å². The number of aromatic hydroxyl groups is 1. The normalized spacial score (nSPS) is 10.8. The van der Waals surface area contributed by atoms with Gasteiger partial charge in [-0.25, -0.2) is 5.43 Å². The van der Waals surface area contributed by atoms with Crippen LogP contribution >= 0.6 is 15.9 Å². The van der Waals surface area contributed by atoms with Gasteiger partial charge in [-0.2, -0.15) is 9.78 Å². The number of amides is 1. The van der Waals surface area contributed by atoms with Gasteiger partial charge < -0.3 is 15.2 Å². The summed E-state index contributed by atoms with van der Waals surface area (Å²) >= 11 is 3.06. The molecule has 1 amide bonds. The number of nitrogens with zero attached hydrogens (tertiary/aromatic N) is 6. The molecule has 1 heterocycles. The molecular formula is C11H8BrN7O6. The van der Waals surface area contributed by atoms with Crippen LogP contribution in [0.1, 0.15) is 5.56 Å². The molecule has 0 aliphatic rings. The number of nitro groups is 2. The SMILES string of the molecule is O=C(Cn1cnc([N+](=O)[O-])n1)NN=Cc1cc(Br)cc([N+](=O)[O-])c1O. The standard InChI is InChI=1S/C11H8BrN7O6/c12-7-1-6(10(21)8(2-7)18(22)23)3-14-15-9(20)4-17-5-13-11(16-17)19(24)25/h1-3,5,21H,4H2,(H,15,20). The lowest BCUT2D eigenvalue weighted by atomic mass is 10.2. The summed E-state index contributed by atoms with van der Waals surface area (Å²) in [5.41, 5.74) is 1.56. The second kappa shape index (κ2) is 7.43. The van der Waals surface area contributed by atoms with Gasteiger partial charge in [0.05, 0.1) is 11.1 Å². The van der Waals surface area contributed by atoms with Crippen molar-refractivity contribution in [1.29, 1.82) is 0 Å². The van der Waals surface area contributed by atoms with Crippen molar-refractivity contribution in [1.82, 2.24) is 20.2 Å². The molecule has 0 fully saturated rings. The minimum atomic E-state index is -0.810. The highest BCUT2D eigenvalue weighted by Gasteiger charge is 2.18. The summed E-state index contributed by atoms with van der Waals surface area (Å²) in [7, 11) is 0. The van der Waals surface area contributed by atoms with Crippen LogP contribution in [0.5, 0.6) is 5.75 Å². The van der Waals surface area contributed by atoms with E-state index in [2.05, 4.69) is 36.5 Å². The van der Waals surface area contributed by atoms with E-state index in [0.717, 1.165) is 23.3 Å². The molecule has 25 heavy (non-hydrogen) atoms. The topological polar surface area (TPSA) is 179 Å². The lowest BCUT2D eigenvalue weighted by Crippen LogP contribution is -2.23. The predicted octanol–water partition coefficient (Wildman–Crippen LogP) is 0.713. The number of hydrogen-bond donors (Lipinski definition) is 2. The summed E-state index contributed by atoms with van der Waals surface area (Å²) in [6.45, 7) is -0.386. The Labute approximate surface area is 146 Å². The number of phenols is 1. The van der Waals surface area contributed by atoms with Gasteiger partial charge in [-0.3, -0.25) is 14.9 Å². The number of aromatic nitrogens is 3. The number of halogens is 1. The molecule has 0 unspecified atom stereocenters. The van der Waals surface area contributed by atoms with Gasteiger partial charge >= 0.3 is 11.6 Å². The van der Waals surface area contributed by atoms with Gasteiger partial charge in [-0.15, -0.1) is 0 Å². The van der Waals surface area contributed by atoms with Crippen molar-refractivity contribution < 1.29 is 19.7 Å². The van der Waals surface area contributed by atoms with Crippen molar-refractivity contribution in [2.24, 2.45) is 5.10 Å². The first-order valence-electron chi connectivity index (χ1n) is 6.30. The zero-order valence-electron chi connectivity index (χ0n) is 12.1. The van der Waals surface area contributed by atoms with Crippen LogP contribution in [0, 0.1) is 20.2 Å². The zero-order valence-corrected chi connectivity index (χ0v) is 13.7. The third-order valence-corrected chi connectivity index (χ3v) is 3.12. The van der Waals surface area contributed by atoms with Crippen LogP contribution in [0.15, 0.2) is 28.0 Å². The Hall–Kier alpha value is -3.42. The predicted molar refractivity (Wildman–Crippen MR) is 84.9 cm³/mol. The molecule has 2 rings (SSSR count). The summed E-state index contributed by atoms with van der Waals surface area (Å²) in [6, 6.07) is 2.47. The van der Waals surface area contributed by atoms with Crippen LogP contribution in [0.2, 0.25) is 0 Å². The molecule has 13 nitrogen and oxygen atoms in total. The largest absolute Gasteiger partial charge is 0.502 e. The quantitative estimate of drug-likeness (QED) is 0.394. The number of nitro benzene ring substituents is 1. The molecule has 14 heteroatoms. The van der Waals surface area contributed by atoms with Gasteiger partial charge in [-0.05, 0) is 11.0 Å². The lowest BCUT2D eigenvalue weighted by molar-refractivity contribution is -0.394. The van der Waals surface area contributed by atoms with Crippen LogP contribution in [-0.4, -0.2) is 41.8 Å². The monoisotopic (exact) mass is 413 g/mol. The number of rotatable bonds is 6. The van der Waals surface area contributed by atoms with Crippen molar-refractivity contribution in [3.8, 4) is 5.75 Å². The summed E-state index contributed by atoms with van der Waals surface area (Å²) in [4.78, 5) is 34.7. The third-order valence-electron chi connectivity index (χ3n) is 2.67. The van der Waals surface area contributed by atoms with Crippen molar-refractivity contribution in [2.75, 3.05) is 0 Å². The van der Waals surface area contributed by atoms with Crippen molar-refractivity contribution in [3.63, 3.8) is 0 Å². The summed E-state index contributed by atoms with van der Waals surface area (Å²) in [5, 5.41) is 38.0. The number of carbonyl (C=O) groups excluding carboxylic acids is 1. The molecule has 130 valence electrons. The Morgan fingerprint density at radius 3 is 2.72 bits per heavy atom. The van der Waals surface area contributed by atoms with E-state index in [0.29, 0.717) is 4.47 Å². The van der Waals surface area contributed by atoms with Crippen molar-refractivity contribution >= 4 is 39.7 Å². The highest BCUT2D eigenvalue weighted by molar-refractivity contribution is 9.10. The molecule has 0 aliphatic carbocycles. The van der Waals surface area contributed by atoms with Gasteiger partial charge in [0.25, 0.3) is 5.91 Å². The molecule has 0 radical (unpaired) electrons. The van der Waals surface area contributed by atoms with E-state index >= 15 is 0 Å². The molecule has 0 bridgehead atoms. The van der Waals surface area contributed by atoms with Crippen LogP contribution < -0.4 is 5.43 Å². The van der Waals surface area contributed by atoms with E-state index in [4.69, 9.17) is 0 Å². The number of hydrazone groups is 1. The summed E-state index contributed by atoms with van der Waals surface area (Å²) in [6.07, 6.45) is 2.01. The molecular weight excluding hydrogens is 406 g/mol. The highest BCUT2D eigenvalue weighted by Crippen LogP contribution is 2.32. The molecule has 0 saturated carbocycles. The second-order valence-corrected chi connectivity index (χ2v) is 5.33. The number of phenolic OH excluding ortho intramolecular Hbond substituents is 1. The smallest absolute Gasteiger partial charge is 0.490 e. The van der Waals surface area contributed by atoms with Crippen LogP contribution in [0.3, 0.4) is 0 Å². The Balaban J connectivity index is 2.04. The van der Waals surface area contributed by atoms with Gasteiger partial charge in [0, 0.05) is 21.2 Å². The Morgan fingerprint density at radius 1 is 1.40 bits per heavy atom. The second-order valence-electron chi connectivity index (χ2n) is 4.41. The van der Waals surface area contributed by atoms with E-state index in [1.165, 1.54) is 6.07 Å². The number of nitrogens with one attached hydrogen (secondary N) is 1. The Kier molecular flexibility index (Phi) is 5.33. The Bertz CT molecular complexity index is 880. The summed E-state index contributed by atoms with van der Waals surface area (Å²) < 4.78 is 1.27. The Morgan fingerprint density at radius 2 is 2.12 bits per heavy atom. The molecule has 1 aromatic heterocycles. The minimum Gasteiger partial charge on any atom is -0.502 e. The van der Waals surface area contributed by atoms with Crippen LogP contribution in [-0.2, 0) is 11.3 Å². The van der Waals surface area contributed by atoms with E-state index in [9.17, 15) is 30.1 Å². The zero-order chi connectivity index (χ0) is 18.6. The van der Waals surface area contributed by atoms with E-state index < -0.39 is 33.1 Å². The number of carbonyl (C=O) groups is 1. The molecule has 0 spiro atoms. The van der Waals surface area contributed by atoms with Gasteiger partial charge in [0.1, 0.15) is 6.54 Å². The highest BCUT2D eigenvalue weighted by atomic mass is 79.9. The first kappa shape index (κ1) is 17.9. The average Bonchev–Trinajstić information content (AvgIpc) is 2.98. The molecule has 1 aromatic carbocycles. The fourth-order valence-corrected chi connectivity index (χ4v) is 2.11. The first-order valence-corrected chi connectivity index (χ1v) is 7.10. The maximum atomic E-state index is 11.6. The van der Waals surface area contributed by atoms with Crippen LogP contribution in [0.25, 0.3) is 0 Å². The number of benzene rings is 1. The maximum Gasteiger partial charge on any atom is 0.490 e. The van der Waals surface area contributed by atoms with Gasteiger partial charge in [0.2, 0.25) is 12.1 Å². The third kappa shape index (κ3) is 4.54. The molecule has 2 N–H and O–H groups in total. The van der Waals surface area contributed by atoms with E-state index in [-0.39, 0.29) is 12.1 Å². The minimum absolute atomic E-state index is 0.00207. The lowest BCUT2D eigenvalue weighted by Gasteiger charge is -2.02. The maximum absolute atomic E-state index is 11.6. The molecule has 0 saturated heterocycles. The fourth-order valence-electron chi connectivity index (χ4n) is 1.64. The van der Waals surface area contributed by atoms with Crippen LogP contribution in [0.4, 0.5) is 11.6 Å². The van der Waals surface area contributed by atoms with Gasteiger partial charge in [-0.1, -0.05) is 20.9 Å². The van der Waals surface area contributed by atoms with E-state index in [1.54, 1.807) is 0 Å². The van der Waals surface area contributed by atoms with Crippen molar-refractivity contribution in [2.45, 2.75) is 6.54 Å². The van der Waals surface area contributed by atoms with Crippen molar-refractivity contribution in [3.05, 3.63) is 48.7 Å². The molecule has 2 aromatic rings. The van der Waals surface area contributed by atoms with Gasteiger partial charge in [0.15, 0.2) is 0 Å². The molecule has 0 aliphatic heterocycles. The average molecular weight is 414 g/mol. The first-order chi connectivity index (χ1) is 11.8. The summed E-state index contributed by atoms with van der Waals surface area (Å²) in [5.74, 6) is -1.94. The number of hydrogen-bond acceptors (Lipinski definition) is 9. The molecule has 0 atom stereocenters. The fraction of sp³-hybridized carbons (Fsp3) is 0.0909.